The second-order valence-corrected chi connectivity index (χ2v) is 6.81. The first-order valence-corrected chi connectivity index (χ1v) is 8.11. The van der Waals surface area contributed by atoms with E-state index in [1.807, 2.05) is 0 Å². The highest BCUT2D eigenvalue weighted by atomic mass is 79.9. The molecule has 1 N–H and O–H groups in total. The average molecular weight is 365 g/mol. The summed E-state index contributed by atoms with van der Waals surface area (Å²) < 4.78 is 13.6. The highest BCUT2D eigenvalue weighted by Crippen LogP contribution is 2.22. The van der Waals surface area contributed by atoms with Gasteiger partial charge in [0.2, 0.25) is 5.91 Å². The van der Waals surface area contributed by atoms with E-state index in [9.17, 15) is 9.18 Å². The zero-order chi connectivity index (χ0) is 15.2. The Hall–Kier alpha value is -0.610. The maximum Gasteiger partial charge on any atom is 0.224 e. The molecule has 1 aromatic carbocycles. The zero-order valence-electron chi connectivity index (χ0n) is 11.8. The summed E-state index contributed by atoms with van der Waals surface area (Å²) in [4.78, 5) is 11.9. The molecule has 0 atom stereocenters. The number of hydrogen-bond donors (Lipinski definition) is 1. The number of hydrogen-bond acceptors (Lipinski definition) is 1. The van der Waals surface area contributed by atoms with Gasteiger partial charge < -0.3 is 5.32 Å². The Morgan fingerprint density at radius 3 is 2.75 bits per heavy atom. The van der Waals surface area contributed by atoms with Gasteiger partial charge in [0.15, 0.2) is 0 Å². The molecule has 1 aromatic rings. The van der Waals surface area contributed by atoms with Gasteiger partial charge in [-0.05, 0) is 30.4 Å². The van der Waals surface area contributed by atoms with Gasteiger partial charge in [-0.25, -0.2) is 4.39 Å². The molecule has 0 aliphatic heterocycles. The smallest absolute Gasteiger partial charge is 0.224 e. The molecule has 1 rings (SSSR count). The molecule has 5 heteroatoms. The standard InChI is InChI=1S/C15H20BrClFNO/c1-15(2,7-4-8-16)10-19-14(20)9-11-12(17)5-3-6-13(11)18/h3,5-6H,4,7-10H2,1-2H3,(H,19,20). The lowest BCUT2D eigenvalue weighted by atomic mass is 9.88. The Balaban J connectivity index is 2.52. The minimum absolute atomic E-state index is 0.0277. The molecule has 20 heavy (non-hydrogen) atoms. The molecule has 0 spiro atoms. The van der Waals surface area contributed by atoms with Gasteiger partial charge in [-0.1, -0.05) is 47.4 Å². The summed E-state index contributed by atoms with van der Waals surface area (Å²) in [5.74, 6) is -0.643. The molecule has 0 bridgehead atoms. The van der Waals surface area contributed by atoms with Crippen LogP contribution in [0.25, 0.3) is 0 Å². The van der Waals surface area contributed by atoms with Crippen LogP contribution in [0, 0.1) is 11.2 Å². The Morgan fingerprint density at radius 2 is 2.15 bits per heavy atom. The van der Waals surface area contributed by atoms with Crippen LogP contribution in [0.2, 0.25) is 5.02 Å². The van der Waals surface area contributed by atoms with E-state index in [-0.39, 0.29) is 23.3 Å². The second-order valence-electron chi connectivity index (χ2n) is 5.61. The van der Waals surface area contributed by atoms with E-state index in [0.29, 0.717) is 11.6 Å². The second kappa shape index (κ2) is 7.99. The van der Waals surface area contributed by atoms with Crippen molar-refractivity contribution in [2.24, 2.45) is 5.41 Å². The zero-order valence-corrected chi connectivity index (χ0v) is 14.2. The predicted molar refractivity (Wildman–Crippen MR) is 84.9 cm³/mol. The summed E-state index contributed by atoms with van der Waals surface area (Å²) in [6.45, 7) is 4.78. The van der Waals surface area contributed by atoms with E-state index >= 15 is 0 Å². The van der Waals surface area contributed by atoms with Crippen LogP contribution in [0.5, 0.6) is 0 Å². The molecule has 0 saturated heterocycles. The Kier molecular flexibility index (Phi) is 6.96. The third-order valence-corrected chi connectivity index (χ3v) is 4.07. The van der Waals surface area contributed by atoms with Crippen molar-refractivity contribution >= 4 is 33.4 Å². The number of carbonyl (C=O) groups excluding carboxylic acids is 1. The van der Waals surface area contributed by atoms with Gasteiger partial charge in [0.05, 0.1) is 6.42 Å². The van der Waals surface area contributed by atoms with Crippen LogP contribution in [-0.2, 0) is 11.2 Å². The third kappa shape index (κ3) is 5.80. The maximum atomic E-state index is 13.6. The van der Waals surface area contributed by atoms with E-state index in [2.05, 4.69) is 35.1 Å². The number of halogens is 3. The predicted octanol–water partition coefficient (Wildman–Crippen LogP) is 4.34. The number of nitrogens with one attached hydrogen (secondary N) is 1. The summed E-state index contributed by atoms with van der Waals surface area (Å²) in [6.07, 6.45) is 2.04. The molecular weight excluding hydrogens is 345 g/mol. The number of benzene rings is 1. The van der Waals surface area contributed by atoms with E-state index in [1.165, 1.54) is 12.1 Å². The SMILES string of the molecule is CC(C)(CCCBr)CNC(=O)Cc1c(F)cccc1Cl. The lowest BCUT2D eigenvalue weighted by Crippen LogP contribution is -2.35. The molecule has 0 heterocycles. The molecule has 0 aliphatic rings. The van der Waals surface area contributed by atoms with E-state index in [0.717, 1.165) is 18.2 Å². The first-order valence-electron chi connectivity index (χ1n) is 6.61. The van der Waals surface area contributed by atoms with Crippen molar-refractivity contribution in [3.63, 3.8) is 0 Å². The maximum absolute atomic E-state index is 13.6. The summed E-state index contributed by atoms with van der Waals surface area (Å²) in [7, 11) is 0. The number of rotatable bonds is 7. The van der Waals surface area contributed by atoms with Gasteiger partial charge in [0, 0.05) is 22.5 Å². The Morgan fingerprint density at radius 1 is 1.45 bits per heavy atom. The fourth-order valence-corrected chi connectivity index (χ4v) is 2.41. The van der Waals surface area contributed by atoms with Crippen molar-refractivity contribution in [1.29, 1.82) is 0 Å². The monoisotopic (exact) mass is 363 g/mol. The summed E-state index contributed by atoms with van der Waals surface area (Å²) in [5, 5.41) is 4.10. The third-order valence-electron chi connectivity index (χ3n) is 3.15. The van der Waals surface area contributed by atoms with Crippen LogP contribution in [0.3, 0.4) is 0 Å². The van der Waals surface area contributed by atoms with Crippen molar-refractivity contribution in [3.05, 3.63) is 34.6 Å². The molecule has 0 radical (unpaired) electrons. The normalized spacial score (nSPS) is 11.4. The number of alkyl halides is 1. The van der Waals surface area contributed by atoms with Crippen molar-refractivity contribution < 1.29 is 9.18 Å². The molecule has 0 saturated carbocycles. The fourth-order valence-electron chi connectivity index (χ4n) is 1.90. The topological polar surface area (TPSA) is 29.1 Å². The molecule has 0 aromatic heterocycles. The van der Waals surface area contributed by atoms with E-state index in [1.54, 1.807) is 6.07 Å². The van der Waals surface area contributed by atoms with Crippen LogP contribution in [-0.4, -0.2) is 17.8 Å². The molecule has 0 fully saturated rings. The van der Waals surface area contributed by atoms with Crippen LogP contribution < -0.4 is 5.32 Å². The van der Waals surface area contributed by atoms with Crippen LogP contribution in [0.1, 0.15) is 32.3 Å². The first-order chi connectivity index (χ1) is 9.35. The lowest BCUT2D eigenvalue weighted by Gasteiger charge is -2.24. The van der Waals surface area contributed by atoms with Gasteiger partial charge in [0.25, 0.3) is 0 Å². The van der Waals surface area contributed by atoms with E-state index in [4.69, 9.17) is 11.6 Å². The van der Waals surface area contributed by atoms with Crippen molar-refractivity contribution in [2.75, 3.05) is 11.9 Å². The highest BCUT2D eigenvalue weighted by molar-refractivity contribution is 9.09. The molecule has 0 aliphatic carbocycles. The van der Waals surface area contributed by atoms with Crippen LogP contribution >= 0.6 is 27.5 Å². The molecule has 0 unspecified atom stereocenters. The quantitative estimate of drug-likeness (QED) is 0.717. The van der Waals surface area contributed by atoms with Crippen molar-refractivity contribution in [1.82, 2.24) is 5.32 Å². The Bertz CT molecular complexity index is 445. The average Bonchev–Trinajstić information content (AvgIpc) is 2.39. The van der Waals surface area contributed by atoms with Gasteiger partial charge in [-0.3, -0.25) is 4.79 Å². The van der Waals surface area contributed by atoms with E-state index < -0.39 is 5.82 Å². The summed E-state index contributed by atoms with van der Waals surface area (Å²) in [5.41, 5.74) is 0.285. The van der Waals surface area contributed by atoms with Crippen molar-refractivity contribution in [3.8, 4) is 0 Å². The Labute approximate surface area is 133 Å². The molecule has 2 nitrogen and oxygen atoms in total. The molecule has 1 amide bonds. The highest BCUT2D eigenvalue weighted by Gasteiger charge is 2.19. The van der Waals surface area contributed by atoms with Crippen LogP contribution in [0.15, 0.2) is 18.2 Å². The first kappa shape index (κ1) is 17.4. The summed E-state index contributed by atoms with van der Waals surface area (Å²) >= 11 is 9.31. The number of amides is 1. The van der Waals surface area contributed by atoms with Gasteiger partial charge in [-0.15, -0.1) is 0 Å². The minimum atomic E-state index is -0.439. The lowest BCUT2D eigenvalue weighted by molar-refractivity contribution is -0.120. The van der Waals surface area contributed by atoms with Gasteiger partial charge in [-0.2, -0.15) is 0 Å². The molecular formula is C15H20BrClFNO. The van der Waals surface area contributed by atoms with Crippen LogP contribution in [0.4, 0.5) is 4.39 Å². The van der Waals surface area contributed by atoms with Crippen molar-refractivity contribution in [2.45, 2.75) is 33.1 Å². The largest absolute Gasteiger partial charge is 0.355 e. The fraction of sp³-hybridized carbons (Fsp3) is 0.533. The summed E-state index contributed by atoms with van der Waals surface area (Å²) in [6, 6.07) is 4.43. The number of carbonyl (C=O) groups is 1. The van der Waals surface area contributed by atoms with Gasteiger partial charge in [0.1, 0.15) is 5.82 Å². The minimum Gasteiger partial charge on any atom is -0.355 e. The molecule has 112 valence electrons. The van der Waals surface area contributed by atoms with Gasteiger partial charge >= 0.3 is 0 Å².